The van der Waals surface area contributed by atoms with Gasteiger partial charge in [0.15, 0.2) is 0 Å². The van der Waals surface area contributed by atoms with Crippen molar-refractivity contribution in [3.63, 3.8) is 0 Å². The lowest BCUT2D eigenvalue weighted by Gasteiger charge is -2.35. The van der Waals surface area contributed by atoms with Crippen molar-refractivity contribution in [3.05, 3.63) is 33.8 Å². The number of benzene rings is 1. The second-order valence-corrected chi connectivity index (χ2v) is 11.2. The van der Waals surface area contributed by atoms with Crippen LogP contribution in [0, 0.1) is 17.8 Å². The van der Waals surface area contributed by atoms with E-state index < -0.39 is 0 Å². The molecule has 0 aromatic heterocycles. The van der Waals surface area contributed by atoms with Gasteiger partial charge in [-0.3, -0.25) is 0 Å². The molecule has 1 aromatic carbocycles. The second-order valence-electron chi connectivity index (χ2n) is 10.4. The highest BCUT2D eigenvalue weighted by molar-refractivity contribution is 6.42. The number of hydrogen-bond acceptors (Lipinski definition) is 2. The van der Waals surface area contributed by atoms with E-state index in [2.05, 4.69) is 46.0 Å². The maximum atomic E-state index is 11.3. The number of nitrogens with one attached hydrogen (secondary N) is 1. The molecule has 0 radical (unpaired) electrons. The largest absolute Gasteiger partial charge is 0.391 e. The van der Waals surface area contributed by atoms with Crippen LogP contribution in [-0.4, -0.2) is 23.3 Å². The minimum absolute atomic E-state index is 0.140. The number of rotatable bonds is 13. The first-order valence-electron chi connectivity index (χ1n) is 12.6. The fourth-order valence-corrected chi connectivity index (χ4v) is 5.72. The first-order chi connectivity index (χ1) is 14.7. The van der Waals surface area contributed by atoms with Crippen molar-refractivity contribution in [1.82, 2.24) is 5.32 Å². The van der Waals surface area contributed by atoms with Gasteiger partial charge in [0, 0.05) is 12.1 Å². The Morgan fingerprint density at radius 1 is 1.00 bits per heavy atom. The molecule has 2 N–H and O–H groups in total. The summed E-state index contributed by atoms with van der Waals surface area (Å²) in [5.74, 6) is 1.98. The Hall–Kier alpha value is -0.280. The number of hydrogen-bond donors (Lipinski definition) is 2. The molecule has 4 unspecified atom stereocenters. The van der Waals surface area contributed by atoms with Crippen LogP contribution in [0.3, 0.4) is 0 Å². The smallest absolute Gasteiger partial charge is 0.0721 e. The Balaban J connectivity index is 1.94. The minimum Gasteiger partial charge on any atom is -0.391 e. The molecule has 0 spiro atoms. The van der Waals surface area contributed by atoms with E-state index in [4.69, 9.17) is 23.2 Å². The minimum atomic E-state index is -0.331. The van der Waals surface area contributed by atoms with Gasteiger partial charge in [0.05, 0.1) is 16.1 Å². The number of aliphatic hydroxyl groups excluding tert-OH is 1. The van der Waals surface area contributed by atoms with Gasteiger partial charge >= 0.3 is 0 Å². The van der Waals surface area contributed by atoms with Gasteiger partial charge in [0.2, 0.25) is 0 Å². The highest BCUT2D eigenvalue weighted by Gasteiger charge is 2.30. The molecule has 1 saturated carbocycles. The van der Waals surface area contributed by atoms with Crippen molar-refractivity contribution >= 4 is 23.2 Å². The van der Waals surface area contributed by atoms with Crippen molar-refractivity contribution in [3.8, 4) is 0 Å². The molecule has 31 heavy (non-hydrogen) atoms. The predicted molar refractivity (Wildman–Crippen MR) is 136 cm³/mol. The van der Waals surface area contributed by atoms with Gasteiger partial charge in [-0.15, -0.1) is 0 Å². The molecule has 0 heterocycles. The topological polar surface area (TPSA) is 32.3 Å². The maximum absolute atomic E-state index is 11.3. The normalized spacial score (nSPS) is 20.0. The molecule has 5 atom stereocenters. The van der Waals surface area contributed by atoms with Crippen molar-refractivity contribution in [2.75, 3.05) is 0 Å². The summed E-state index contributed by atoms with van der Waals surface area (Å²) in [4.78, 5) is 0. The second kappa shape index (κ2) is 13.4. The monoisotopic (exact) mass is 469 g/mol. The van der Waals surface area contributed by atoms with Gasteiger partial charge in [-0.25, -0.2) is 0 Å². The highest BCUT2D eigenvalue weighted by Crippen LogP contribution is 2.34. The predicted octanol–water partition coefficient (Wildman–Crippen LogP) is 8.24. The summed E-state index contributed by atoms with van der Waals surface area (Å²) in [6, 6.07) is 6.64. The van der Waals surface area contributed by atoms with Crippen LogP contribution >= 0.6 is 23.2 Å². The van der Waals surface area contributed by atoms with Crippen molar-refractivity contribution in [2.24, 2.45) is 17.8 Å². The summed E-state index contributed by atoms with van der Waals surface area (Å²) in [5.41, 5.74) is 1.27. The summed E-state index contributed by atoms with van der Waals surface area (Å²) < 4.78 is 0. The molecule has 1 fully saturated rings. The molecule has 1 aliphatic rings. The van der Waals surface area contributed by atoms with Gasteiger partial charge in [-0.1, -0.05) is 89.1 Å². The van der Waals surface area contributed by atoms with Crippen LogP contribution in [0.4, 0.5) is 0 Å². The zero-order valence-electron chi connectivity index (χ0n) is 20.3. The average molecular weight is 471 g/mol. The molecule has 0 aliphatic heterocycles. The molecular weight excluding hydrogens is 425 g/mol. The molecule has 2 rings (SSSR count). The van der Waals surface area contributed by atoms with E-state index in [0.29, 0.717) is 27.9 Å². The Morgan fingerprint density at radius 3 is 2.26 bits per heavy atom. The molecule has 4 heteroatoms. The van der Waals surface area contributed by atoms with Crippen LogP contribution in [0.15, 0.2) is 18.2 Å². The maximum Gasteiger partial charge on any atom is 0.0721 e. The van der Waals surface area contributed by atoms with Crippen molar-refractivity contribution in [1.29, 1.82) is 0 Å². The lowest BCUT2D eigenvalue weighted by molar-refractivity contribution is 0.0471. The fraction of sp³-hybridized carbons (Fsp3) is 0.778. The Bertz CT molecular complexity index is 644. The quantitative estimate of drug-likeness (QED) is 0.304. The van der Waals surface area contributed by atoms with Crippen LogP contribution in [0.1, 0.15) is 104 Å². The van der Waals surface area contributed by atoms with Gasteiger partial charge in [-0.05, 0) is 74.0 Å². The Morgan fingerprint density at radius 2 is 1.68 bits per heavy atom. The number of halogens is 2. The lowest BCUT2D eigenvalue weighted by Crippen LogP contribution is -2.50. The zero-order chi connectivity index (χ0) is 23.0. The van der Waals surface area contributed by atoms with Crippen LogP contribution < -0.4 is 5.32 Å². The first kappa shape index (κ1) is 27.0. The lowest BCUT2D eigenvalue weighted by atomic mass is 9.83. The van der Waals surface area contributed by atoms with Crippen LogP contribution in [-0.2, 0) is 0 Å². The fourth-order valence-electron chi connectivity index (χ4n) is 5.41. The summed E-state index contributed by atoms with van der Waals surface area (Å²) in [6.45, 7) is 11.2. The summed E-state index contributed by atoms with van der Waals surface area (Å²) in [6.07, 6.45) is 10.8. The van der Waals surface area contributed by atoms with E-state index in [-0.39, 0.29) is 18.1 Å². The van der Waals surface area contributed by atoms with E-state index in [0.717, 1.165) is 31.6 Å². The van der Waals surface area contributed by atoms with Crippen LogP contribution in [0.5, 0.6) is 0 Å². The molecule has 0 saturated heterocycles. The van der Waals surface area contributed by atoms with E-state index in [1.807, 2.05) is 12.1 Å². The molecular formula is C27H45Cl2NO. The summed E-state index contributed by atoms with van der Waals surface area (Å²) in [5, 5.41) is 16.3. The molecule has 178 valence electrons. The van der Waals surface area contributed by atoms with Gasteiger partial charge in [0.1, 0.15) is 0 Å². The molecule has 0 amide bonds. The zero-order valence-corrected chi connectivity index (χ0v) is 21.9. The highest BCUT2D eigenvalue weighted by atomic mass is 35.5. The van der Waals surface area contributed by atoms with Gasteiger partial charge in [-0.2, -0.15) is 0 Å². The third kappa shape index (κ3) is 8.54. The third-order valence-corrected chi connectivity index (χ3v) is 8.07. The SMILES string of the molecule is CCCC(CCC(C)C(O)[C@H](NC(C)CC1CCCC1)C(C)C)c1ccc(Cl)c(Cl)c1. The van der Waals surface area contributed by atoms with Crippen LogP contribution in [0.2, 0.25) is 10.0 Å². The molecule has 0 bridgehead atoms. The van der Waals surface area contributed by atoms with Gasteiger partial charge < -0.3 is 10.4 Å². The standard InChI is InChI=1S/C27H45Cl2NO/c1-6-9-22(23-14-15-24(28)25(29)17-23)13-12-19(4)27(31)26(18(2)3)30-20(5)16-21-10-7-8-11-21/h14-15,17-22,26-27,30-31H,6-13,16H2,1-5H3/t19?,20?,22?,26-,27?/m1/s1. The van der Waals surface area contributed by atoms with E-state index in [1.165, 1.54) is 37.7 Å². The molecule has 1 aliphatic carbocycles. The van der Waals surface area contributed by atoms with E-state index in [9.17, 15) is 5.11 Å². The molecule has 2 nitrogen and oxygen atoms in total. The third-order valence-electron chi connectivity index (χ3n) is 7.33. The average Bonchev–Trinajstić information content (AvgIpc) is 3.23. The van der Waals surface area contributed by atoms with E-state index in [1.54, 1.807) is 0 Å². The number of aliphatic hydroxyl groups is 1. The summed E-state index contributed by atoms with van der Waals surface area (Å²) in [7, 11) is 0. The van der Waals surface area contributed by atoms with Gasteiger partial charge in [0.25, 0.3) is 0 Å². The van der Waals surface area contributed by atoms with E-state index >= 15 is 0 Å². The Kier molecular flexibility index (Phi) is 11.7. The Labute approximate surface area is 201 Å². The van der Waals surface area contributed by atoms with Crippen molar-refractivity contribution in [2.45, 2.75) is 117 Å². The van der Waals surface area contributed by atoms with Crippen molar-refractivity contribution < 1.29 is 5.11 Å². The van der Waals surface area contributed by atoms with Crippen LogP contribution in [0.25, 0.3) is 0 Å². The summed E-state index contributed by atoms with van der Waals surface area (Å²) >= 11 is 12.4. The first-order valence-corrected chi connectivity index (χ1v) is 13.4. The molecule has 1 aromatic rings.